The number of ether oxygens (including phenoxy) is 1. The number of furan rings is 1. The summed E-state index contributed by atoms with van der Waals surface area (Å²) in [6, 6.07) is 6.09. The van der Waals surface area contributed by atoms with Gasteiger partial charge < -0.3 is 30.6 Å². The average Bonchev–Trinajstić information content (AvgIpc) is 3.41. The fraction of sp³-hybridized carbons (Fsp3) is 0.423. The number of hydrogen-bond donors (Lipinski definition) is 5. The molecule has 2 atom stereocenters. The van der Waals surface area contributed by atoms with E-state index in [-0.39, 0.29) is 41.5 Å². The zero-order valence-corrected chi connectivity index (χ0v) is 21.8. The van der Waals surface area contributed by atoms with Gasteiger partial charge in [0.1, 0.15) is 11.5 Å². The summed E-state index contributed by atoms with van der Waals surface area (Å²) in [5.41, 5.74) is 5.22. The van der Waals surface area contributed by atoms with Gasteiger partial charge in [-0.15, -0.1) is 0 Å². The number of nitrogens with zero attached hydrogens (tertiary/aromatic N) is 1. The number of carboxylic acid groups (broad SMARTS) is 1. The molecule has 0 bridgehead atoms. The highest BCUT2D eigenvalue weighted by atomic mass is 16.5. The lowest BCUT2D eigenvalue weighted by Gasteiger charge is -2.29. The number of nitrogens with two attached hydrogens (primary N) is 1. The van der Waals surface area contributed by atoms with Crippen LogP contribution in [0.15, 0.2) is 34.7 Å². The lowest BCUT2D eigenvalue weighted by Crippen LogP contribution is -2.47. The first-order valence-electron chi connectivity index (χ1n) is 12.5. The number of rotatable bonds is 17. The van der Waals surface area contributed by atoms with Crippen molar-refractivity contribution in [3.63, 3.8) is 0 Å². The van der Waals surface area contributed by atoms with Gasteiger partial charge in [-0.3, -0.25) is 24.4 Å². The van der Waals surface area contributed by atoms with Gasteiger partial charge in [0, 0.05) is 5.56 Å². The molecule has 2 aromatic rings. The second-order valence-electron chi connectivity index (χ2n) is 8.76. The first-order valence-corrected chi connectivity index (χ1v) is 12.5. The fourth-order valence-electron chi connectivity index (χ4n) is 3.99. The van der Waals surface area contributed by atoms with Crippen LogP contribution in [-0.4, -0.2) is 64.8 Å². The van der Waals surface area contributed by atoms with Crippen LogP contribution in [0.2, 0.25) is 0 Å². The molecule has 0 spiro atoms. The lowest BCUT2D eigenvalue weighted by molar-refractivity contribution is -0.168. The summed E-state index contributed by atoms with van der Waals surface area (Å²) in [7, 11) is 0. The van der Waals surface area contributed by atoms with E-state index in [1.807, 2.05) is 6.92 Å². The van der Waals surface area contributed by atoms with Gasteiger partial charge in [-0.2, -0.15) is 0 Å². The van der Waals surface area contributed by atoms with E-state index in [4.69, 9.17) is 14.9 Å². The van der Waals surface area contributed by atoms with Crippen molar-refractivity contribution in [1.29, 1.82) is 0 Å². The molecule has 0 unspecified atom stereocenters. The average molecular weight is 547 g/mol. The van der Waals surface area contributed by atoms with Crippen LogP contribution in [0.5, 0.6) is 5.75 Å². The summed E-state index contributed by atoms with van der Waals surface area (Å²) < 4.78 is 10.8. The number of unbranched alkanes of at least 4 members (excludes halogenated alkanes) is 2. The van der Waals surface area contributed by atoms with Crippen LogP contribution in [0.4, 0.5) is 0 Å². The number of nitrogens with one attached hydrogen (secondary N) is 2. The van der Waals surface area contributed by atoms with Crippen LogP contribution in [0.25, 0.3) is 11.3 Å². The Labute approximate surface area is 225 Å². The van der Waals surface area contributed by atoms with Gasteiger partial charge in [-0.25, -0.2) is 9.86 Å². The van der Waals surface area contributed by atoms with Gasteiger partial charge >= 0.3 is 5.97 Å². The molecule has 212 valence electrons. The maximum absolute atomic E-state index is 12.9. The molecule has 1 heterocycles. The van der Waals surface area contributed by atoms with E-state index in [1.165, 1.54) is 30.3 Å². The van der Waals surface area contributed by atoms with Gasteiger partial charge in [0.25, 0.3) is 11.8 Å². The van der Waals surface area contributed by atoms with Crippen LogP contribution >= 0.6 is 0 Å². The molecule has 0 aliphatic rings. The SMILES string of the molecule is CCCCC[C@@H](C(=O)NCNC(=O)c1ccc(-c2cc(OCC(N)=O)cc(C(=O)O)c2)o1)[C@@H](CC)N(O)C=O. The smallest absolute Gasteiger partial charge is 0.335 e. The molecule has 0 radical (unpaired) electrons. The summed E-state index contributed by atoms with van der Waals surface area (Å²) in [6.07, 6.45) is 3.64. The molecule has 4 amide bonds. The molecule has 1 aromatic heterocycles. The van der Waals surface area contributed by atoms with Crippen molar-refractivity contribution < 1.29 is 43.4 Å². The number of carbonyl (C=O) groups is 5. The molecule has 13 heteroatoms. The third-order valence-corrected chi connectivity index (χ3v) is 5.95. The van der Waals surface area contributed by atoms with Crippen molar-refractivity contribution in [2.24, 2.45) is 11.7 Å². The van der Waals surface area contributed by atoms with Gasteiger partial charge in [0.05, 0.1) is 24.2 Å². The van der Waals surface area contributed by atoms with E-state index < -0.39 is 42.3 Å². The number of amides is 4. The number of primary amides is 1. The van der Waals surface area contributed by atoms with Crippen LogP contribution in [0.1, 0.15) is 66.9 Å². The standard InChI is InChI=1S/C26H34N4O9/c1-3-5-6-7-19(20(4-2)30(37)15-31)24(33)28-14-29-25(34)22-9-8-21(39-22)16-10-17(26(35)36)12-18(11-16)38-13-23(27)32/h8-12,15,19-20,37H,3-7,13-14H2,1-2H3,(H2,27,32)(H,28,33)(H,29,34)(H,35,36)/t19-,20-/m1/s1. The molecule has 0 aliphatic heterocycles. The quantitative estimate of drug-likeness (QED) is 0.0647. The van der Waals surface area contributed by atoms with Gasteiger partial charge in [0.2, 0.25) is 12.3 Å². The molecule has 2 rings (SSSR count). The van der Waals surface area contributed by atoms with Gasteiger partial charge in [-0.05, 0) is 43.2 Å². The maximum Gasteiger partial charge on any atom is 0.335 e. The van der Waals surface area contributed by atoms with Gasteiger partial charge in [0.15, 0.2) is 12.4 Å². The summed E-state index contributed by atoms with van der Waals surface area (Å²) >= 11 is 0. The highest BCUT2D eigenvalue weighted by Gasteiger charge is 2.30. The predicted molar refractivity (Wildman–Crippen MR) is 138 cm³/mol. The maximum atomic E-state index is 12.9. The Balaban J connectivity index is 2.08. The van der Waals surface area contributed by atoms with E-state index >= 15 is 0 Å². The van der Waals surface area contributed by atoms with Crippen molar-refractivity contribution in [2.45, 2.75) is 52.0 Å². The fourth-order valence-corrected chi connectivity index (χ4v) is 3.99. The number of aromatic carboxylic acids is 1. The minimum Gasteiger partial charge on any atom is -0.484 e. The van der Waals surface area contributed by atoms with E-state index in [9.17, 15) is 34.3 Å². The zero-order chi connectivity index (χ0) is 28.9. The van der Waals surface area contributed by atoms with Crippen molar-refractivity contribution in [2.75, 3.05) is 13.3 Å². The van der Waals surface area contributed by atoms with E-state index in [0.29, 0.717) is 17.9 Å². The third kappa shape index (κ3) is 9.14. The molecular weight excluding hydrogens is 512 g/mol. The Morgan fingerprint density at radius 2 is 1.87 bits per heavy atom. The van der Waals surface area contributed by atoms with Crippen LogP contribution < -0.4 is 21.1 Å². The van der Waals surface area contributed by atoms with Crippen LogP contribution in [0, 0.1) is 5.92 Å². The second-order valence-corrected chi connectivity index (χ2v) is 8.76. The number of hydroxylamine groups is 2. The Bertz CT molecular complexity index is 1160. The molecule has 39 heavy (non-hydrogen) atoms. The largest absolute Gasteiger partial charge is 0.484 e. The van der Waals surface area contributed by atoms with Crippen LogP contribution in [-0.2, 0) is 14.4 Å². The minimum atomic E-state index is -1.24. The molecule has 0 saturated heterocycles. The van der Waals surface area contributed by atoms with Crippen molar-refractivity contribution in [1.82, 2.24) is 15.7 Å². The zero-order valence-electron chi connectivity index (χ0n) is 21.8. The Morgan fingerprint density at radius 1 is 1.13 bits per heavy atom. The summed E-state index contributed by atoms with van der Waals surface area (Å²) in [5, 5.41) is 24.9. The minimum absolute atomic E-state index is 0.0729. The van der Waals surface area contributed by atoms with Crippen molar-refractivity contribution in [3.05, 3.63) is 41.7 Å². The predicted octanol–water partition coefficient (Wildman–Crippen LogP) is 2.14. The molecule has 0 aliphatic carbocycles. The first kappa shape index (κ1) is 30.8. The number of carboxylic acids is 1. The number of hydrogen-bond acceptors (Lipinski definition) is 8. The van der Waals surface area contributed by atoms with Crippen molar-refractivity contribution >= 4 is 30.1 Å². The molecule has 0 saturated carbocycles. The first-order chi connectivity index (χ1) is 18.6. The summed E-state index contributed by atoms with van der Waals surface area (Å²) in [5.74, 6) is -3.59. The van der Waals surface area contributed by atoms with Crippen LogP contribution in [0.3, 0.4) is 0 Å². The lowest BCUT2D eigenvalue weighted by atomic mass is 9.90. The highest BCUT2D eigenvalue weighted by molar-refractivity contribution is 5.93. The highest BCUT2D eigenvalue weighted by Crippen LogP contribution is 2.28. The van der Waals surface area contributed by atoms with E-state index in [0.717, 1.165) is 19.3 Å². The van der Waals surface area contributed by atoms with Crippen molar-refractivity contribution in [3.8, 4) is 17.1 Å². The number of benzene rings is 1. The normalized spacial score (nSPS) is 12.2. The molecule has 6 N–H and O–H groups in total. The molecule has 1 aromatic carbocycles. The summed E-state index contributed by atoms with van der Waals surface area (Å²) in [4.78, 5) is 59.0. The molecule has 13 nitrogen and oxygen atoms in total. The van der Waals surface area contributed by atoms with E-state index in [2.05, 4.69) is 10.6 Å². The monoisotopic (exact) mass is 546 g/mol. The Morgan fingerprint density at radius 3 is 2.49 bits per heavy atom. The number of carbonyl (C=O) groups excluding carboxylic acids is 4. The Kier molecular flexibility index (Phi) is 12.0. The third-order valence-electron chi connectivity index (χ3n) is 5.95. The summed E-state index contributed by atoms with van der Waals surface area (Å²) in [6.45, 7) is 3.09. The Hall–Kier alpha value is -4.39. The topological polar surface area (TPSA) is 201 Å². The molecule has 0 fully saturated rings. The van der Waals surface area contributed by atoms with E-state index in [1.54, 1.807) is 6.92 Å². The molecular formula is C26H34N4O9. The van der Waals surface area contributed by atoms with Gasteiger partial charge in [-0.1, -0.05) is 33.1 Å². The second kappa shape index (κ2) is 15.1.